The van der Waals surface area contributed by atoms with Gasteiger partial charge in [-0.3, -0.25) is 0 Å². The Balaban J connectivity index is 1.58. The topological polar surface area (TPSA) is 60.2 Å². The van der Waals surface area contributed by atoms with Crippen LogP contribution in [-0.4, -0.2) is 39.0 Å². The van der Waals surface area contributed by atoms with Gasteiger partial charge in [-0.1, -0.05) is 48.2 Å². The van der Waals surface area contributed by atoms with E-state index in [1.807, 2.05) is 13.1 Å². The molecule has 2 N–H and O–H groups in total. The summed E-state index contributed by atoms with van der Waals surface area (Å²) in [4.78, 5) is 0. The summed E-state index contributed by atoms with van der Waals surface area (Å²) in [5.41, 5.74) is 1.25. The minimum Gasteiger partial charge on any atom is -0.342 e. The number of thioether (sulfide) groups is 1. The van der Waals surface area contributed by atoms with Crippen molar-refractivity contribution in [3.8, 4) is 0 Å². The molecule has 0 saturated heterocycles. The van der Waals surface area contributed by atoms with Gasteiger partial charge in [0.05, 0.1) is 18.8 Å². The van der Waals surface area contributed by atoms with E-state index < -0.39 is 0 Å². The molecule has 0 aliphatic rings. The third-order valence-corrected chi connectivity index (χ3v) is 3.59. The smallest absolute Gasteiger partial charge is 0.209 e. The zero-order valence-corrected chi connectivity index (χ0v) is 11.8. The SMILES string of the molecule is Cn1nnnc1SCC[NH2+]CC=Cc1ccccc1. The summed E-state index contributed by atoms with van der Waals surface area (Å²) in [5.74, 6) is 1.01. The Bertz CT molecular complexity index is 509. The molecule has 1 aromatic heterocycles. The van der Waals surface area contributed by atoms with Crippen molar-refractivity contribution in [1.29, 1.82) is 0 Å². The Morgan fingerprint density at radius 2 is 2.16 bits per heavy atom. The van der Waals surface area contributed by atoms with Crippen molar-refractivity contribution in [2.75, 3.05) is 18.8 Å². The highest BCUT2D eigenvalue weighted by Gasteiger charge is 2.01. The number of nitrogens with two attached hydrogens (primary N) is 1. The molecule has 2 rings (SSSR count). The van der Waals surface area contributed by atoms with E-state index in [9.17, 15) is 0 Å². The first-order valence-corrected chi connectivity index (χ1v) is 7.23. The standard InChI is InChI=1S/C13H17N5S/c1-18-13(15-16-17-18)19-11-10-14-9-5-8-12-6-3-2-4-7-12/h2-8,14H,9-11H2,1H3/p+1. The molecule has 0 amide bonds. The zero-order chi connectivity index (χ0) is 13.3. The van der Waals surface area contributed by atoms with Crippen LogP contribution in [0, 0.1) is 0 Å². The van der Waals surface area contributed by atoms with Gasteiger partial charge >= 0.3 is 0 Å². The Morgan fingerprint density at radius 3 is 2.89 bits per heavy atom. The van der Waals surface area contributed by atoms with Crippen molar-refractivity contribution >= 4 is 17.8 Å². The van der Waals surface area contributed by atoms with Crippen LogP contribution in [0.1, 0.15) is 5.56 Å². The third-order valence-electron chi connectivity index (χ3n) is 2.55. The highest BCUT2D eigenvalue weighted by molar-refractivity contribution is 7.99. The maximum atomic E-state index is 3.93. The van der Waals surface area contributed by atoms with E-state index >= 15 is 0 Å². The van der Waals surface area contributed by atoms with Crippen molar-refractivity contribution in [1.82, 2.24) is 20.2 Å². The minimum absolute atomic E-state index is 0.869. The van der Waals surface area contributed by atoms with Crippen LogP contribution in [0.3, 0.4) is 0 Å². The summed E-state index contributed by atoms with van der Waals surface area (Å²) >= 11 is 1.68. The van der Waals surface area contributed by atoms with Gasteiger partial charge in [-0.15, -0.1) is 5.10 Å². The molecule has 2 aromatic rings. The lowest BCUT2D eigenvalue weighted by atomic mass is 10.2. The van der Waals surface area contributed by atoms with Gasteiger partial charge in [0.2, 0.25) is 5.16 Å². The van der Waals surface area contributed by atoms with Gasteiger partial charge < -0.3 is 5.32 Å². The average Bonchev–Trinajstić information content (AvgIpc) is 2.84. The maximum absolute atomic E-state index is 3.93. The van der Waals surface area contributed by atoms with E-state index in [2.05, 4.69) is 57.3 Å². The lowest BCUT2D eigenvalue weighted by Crippen LogP contribution is -2.84. The van der Waals surface area contributed by atoms with Gasteiger partial charge in [0.1, 0.15) is 0 Å². The molecule has 5 nitrogen and oxygen atoms in total. The van der Waals surface area contributed by atoms with Gasteiger partial charge in [-0.2, -0.15) is 0 Å². The zero-order valence-electron chi connectivity index (χ0n) is 10.9. The molecule has 100 valence electrons. The largest absolute Gasteiger partial charge is 0.342 e. The average molecular weight is 276 g/mol. The monoisotopic (exact) mass is 276 g/mol. The lowest BCUT2D eigenvalue weighted by molar-refractivity contribution is -0.641. The highest BCUT2D eigenvalue weighted by Crippen LogP contribution is 2.09. The molecule has 0 atom stereocenters. The molecule has 0 saturated carbocycles. The van der Waals surface area contributed by atoms with E-state index in [4.69, 9.17) is 0 Å². The molecule has 0 unspecified atom stereocenters. The first-order chi connectivity index (χ1) is 9.36. The number of rotatable bonds is 7. The fourth-order valence-electron chi connectivity index (χ4n) is 1.56. The number of hydrogen-bond acceptors (Lipinski definition) is 4. The molecular formula is C13H18N5S+. The van der Waals surface area contributed by atoms with Gasteiger partial charge in [0.25, 0.3) is 0 Å². The molecule has 0 aliphatic carbocycles. The first-order valence-electron chi connectivity index (χ1n) is 6.24. The van der Waals surface area contributed by atoms with Crippen molar-refractivity contribution in [2.45, 2.75) is 5.16 Å². The second kappa shape index (κ2) is 7.70. The van der Waals surface area contributed by atoms with Crippen LogP contribution in [0.2, 0.25) is 0 Å². The number of aryl methyl sites for hydroxylation is 1. The van der Waals surface area contributed by atoms with Gasteiger partial charge in [-0.05, 0) is 22.1 Å². The fraction of sp³-hybridized carbons (Fsp3) is 0.308. The number of quaternary nitrogens is 1. The lowest BCUT2D eigenvalue weighted by Gasteiger charge is -1.98. The Hall–Kier alpha value is -1.66. The van der Waals surface area contributed by atoms with E-state index in [0.29, 0.717) is 0 Å². The summed E-state index contributed by atoms with van der Waals surface area (Å²) in [6.07, 6.45) is 4.33. The molecule has 0 bridgehead atoms. The number of hydrogen-bond donors (Lipinski definition) is 1. The summed E-state index contributed by atoms with van der Waals surface area (Å²) in [6, 6.07) is 10.3. The molecule has 0 radical (unpaired) electrons. The normalized spacial score (nSPS) is 11.2. The second-order valence-corrected chi connectivity index (χ2v) is 5.12. The van der Waals surface area contributed by atoms with Crippen LogP contribution in [0.5, 0.6) is 0 Å². The molecule has 19 heavy (non-hydrogen) atoms. The summed E-state index contributed by atoms with van der Waals surface area (Å²) in [6.45, 7) is 2.04. The van der Waals surface area contributed by atoms with E-state index in [0.717, 1.165) is 24.0 Å². The van der Waals surface area contributed by atoms with Gasteiger partial charge in [0, 0.05) is 7.05 Å². The van der Waals surface area contributed by atoms with Gasteiger partial charge in [-0.25, -0.2) is 4.68 Å². The minimum atomic E-state index is 0.869. The van der Waals surface area contributed by atoms with Crippen LogP contribution < -0.4 is 5.32 Å². The summed E-state index contributed by atoms with van der Waals surface area (Å²) < 4.78 is 1.69. The van der Waals surface area contributed by atoms with Crippen molar-refractivity contribution < 1.29 is 5.32 Å². The number of tetrazole rings is 1. The van der Waals surface area contributed by atoms with Crippen molar-refractivity contribution in [3.63, 3.8) is 0 Å². The Morgan fingerprint density at radius 1 is 1.32 bits per heavy atom. The number of aromatic nitrogens is 4. The van der Waals surface area contributed by atoms with Crippen LogP contribution in [0.25, 0.3) is 6.08 Å². The van der Waals surface area contributed by atoms with E-state index in [-0.39, 0.29) is 0 Å². The Kier molecular flexibility index (Phi) is 5.58. The summed E-state index contributed by atoms with van der Waals surface area (Å²) in [5, 5.41) is 14.5. The van der Waals surface area contributed by atoms with Crippen molar-refractivity contribution in [2.24, 2.45) is 7.05 Å². The predicted molar refractivity (Wildman–Crippen MR) is 76.7 cm³/mol. The fourth-order valence-corrected chi connectivity index (χ4v) is 2.34. The predicted octanol–water partition coefficient (Wildman–Crippen LogP) is 0.579. The molecule has 0 spiro atoms. The number of benzene rings is 1. The molecule has 1 aromatic carbocycles. The summed E-state index contributed by atoms with van der Waals surface area (Å²) in [7, 11) is 1.86. The molecule has 1 heterocycles. The van der Waals surface area contributed by atoms with Crippen LogP contribution >= 0.6 is 11.8 Å². The number of nitrogens with zero attached hydrogens (tertiary/aromatic N) is 4. The van der Waals surface area contributed by atoms with E-state index in [1.165, 1.54) is 5.56 Å². The first kappa shape index (κ1) is 13.8. The quantitative estimate of drug-likeness (QED) is 0.593. The second-order valence-electron chi connectivity index (χ2n) is 4.06. The van der Waals surface area contributed by atoms with Crippen molar-refractivity contribution in [3.05, 3.63) is 42.0 Å². The van der Waals surface area contributed by atoms with E-state index in [1.54, 1.807) is 16.4 Å². The molecule has 0 fully saturated rings. The maximum Gasteiger partial charge on any atom is 0.209 e. The molecular weight excluding hydrogens is 258 g/mol. The molecule has 6 heteroatoms. The highest BCUT2D eigenvalue weighted by atomic mass is 32.2. The van der Waals surface area contributed by atoms with Gasteiger partial charge in [0.15, 0.2) is 0 Å². The Labute approximate surface area is 117 Å². The third kappa shape index (κ3) is 4.84. The molecule has 0 aliphatic heterocycles. The van der Waals surface area contributed by atoms with Crippen LogP contribution in [0.4, 0.5) is 0 Å². The van der Waals surface area contributed by atoms with Crippen LogP contribution in [-0.2, 0) is 7.05 Å². The van der Waals surface area contributed by atoms with Crippen LogP contribution in [0.15, 0.2) is 41.6 Å².